The average molecular weight is 386 g/mol. The van der Waals surface area contributed by atoms with Gasteiger partial charge in [0.1, 0.15) is 5.75 Å². The van der Waals surface area contributed by atoms with Gasteiger partial charge < -0.3 is 10.1 Å². The fraction of sp³-hybridized carbons (Fsp3) is 0.500. The van der Waals surface area contributed by atoms with E-state index in [9.17, 15) is 0 Å². The molecule has 1 saturated heterocycles. The van der Waals surface area contributed by atoms with Crippen LogP contribution in [0.3, 0.4) is 0 Å². The molecule has 1 N–H and O–H groups in total. The van der Waals surface area contributed by atoms with Gasteiger partial charge in [-0.25, -0.2) is 0 Å². The average Bonchev–Trinajstić information content (AvgIpc) is 2.74. The summed E-state index contributed by atoms with van der Waals surface area (Å²) in [6, 6.07) is 19.7. The van der Waals surface area contributed by atoms with E-state index in [4.69, 9.17) is 4.74 Å². The highest BCUT2D eigenvalue weighted by atomic mass is 35.5. The van der Waals surface area contributed by atoms with E-state index in [-0.39, 0.29) is 12.4 Å². The molecule has 1 aliphatic carbocycles. The lowest BCUT2D eigenvalue weighted by Gasteiger charge is -2.33. The minimum atomic E-state index is 0. The van der Waals surface area contributed by atoms with Crippen molar-refractivity contribution in [1.29, 1.82) is 0 Å². The van der Waals surface area contributed by atoms with Crippen molar-refractivity contribution in [1.82, 2.24) is 5.32 Å². The number of hydrogen-bond donors (Lipinski definition) is 1. The van der Waals surface area contributed by atoms with Crippen molar-refractivity contribution >= 4 is 12.4 Å². The zero-order valence-electron chi connectivity index (χ0n) is 16.1. The second-order valence-corrected chi connectivity index (χ2v) is 7.95. The van der Waals surface area contributed by atoms with Gasteiger partial charge in [-0.2, -0.15) is 0 Å². The molecule has 2 aromatic rings. The molecule has 0 spiro atoms. The van der Waals surface area contributed by atoms with Crippen LogP contribution in [0.2, 0.25) is 0 Å². The van der Waals surface area contributed by atoms with Gasteiger partial charge in [0, 0.05) is 12.5 Å². The minimum Gasteiger partial charge on any atom is -0.493 e. The third kappa shape index (κ3) is 5.06. The Morgan fingerprint density at radius 1 is 0.852 bits per heavy atom. The molecule has 2 atom stereocenters. The van der Waals surface area contributed by atoms with Crippen LogP contribution >= 0.6 is 12.4 Å². The Kier molecular flexibility index (Phi) is 7.60. The van der Waals surface area contributed by atoms with Crippen LogP contribution in [-0.4, -0.2) is 19.7 Å². The van der Waals surface area contributed by atoms with Crippen LogP contribution in [0.5, 0.6) is 5.75 Å². The first-order valence-corrected chi connectivity index (χ1v) is 10.4. The van der Waals surface area contributed by atoms with Crippen LogP contribution in [0.1, 0.15) is 61.5 Å². The molecule has 146 valence electrons. The Balaban J connectivity index is 0.00000210. The van der Waals surface area contributed by atoms with Gasteiger partial charge in [-0.15, -0.1) is 12.4 Å². The van der Waals surface area contributed by atoms with Gasteiger partial charge in [0.15, 0.2) is 0 Å². The maximum absolute atomic E-state index is 6.44. The summed E-state index contributed by atoms with van der Waals surface area (Å²) in [7, 11) is 0. The summed E-state index contributed by atoms with van der Waals surface area (Å²) < 4.78 is 6.44. The van der Waals surface area contributed by atoms with Crippen molar-refractivity contribution in [3.8, 4) is 5.75 Å². The Morgan fingerprint density at radius 3 is 2.41 bits per heavy atom. The lowest BCUT2D eigenvalue weighted by atomic mass is 9.81. The van der Waals surface area contributed by atoms with Crippen molar-refractivity contribution in [2.75, 3.05) is 19.7 Å². The number of halogens is 1. The standard InChI is InChI=1S/C24H31NO.ClH/c1-3-9-19(10-4-1)22-15-16-25-17-21(22)18-26-24-14-8-7-13-23(24)20-11-5-2-6-12-20;/h1,3-4,7-10,13-14,20-22,25H,2,5-6,11-12,15-18H2;1H/t21-,22-;/m1./s1. The maximum atomic E-state index is 6.44. The highest BCUT2D eigenvalue weighted by Gasteiger charge is 2.27. The first-order valence-electron chi connectivity index (χ1n) is 10.4. The van der Waals surface area contributed by atoms with E-state index in [2.05, 4.69) is 59.9 Å². The molecule has 0 aromatic heterocycles. The predicted octanol–water partition coefficient (Wildman–Crippen LogP) is 5.93. The fourth-order valence-corrected chi connectivity index (χ4v) is 4.80. The molecule has 1 heterocycles. The molecule has 3 heteroatoms. The van der Waals surface area contributed by atoms with Gasteiger partial charge in [-0.3, -0.25) is 0 Å². The van der Waals surface area contributed by atoms with Crippen molar-refractivity contribution < 1.29 is 4.74 Å². The monoisotopic (exact) mass is 385 g/mol. The molecule has 2 aromatic carbocycles. The van der Waals surface area contributed by atoms with Crippen LogP contribution in [-0.2, 0) is 0 Å². The molecule has 4 rings (SSSR count). The van der Waals surface area contributed by atoms with Crippen molar-refractivity contribution in [2.24, 2.45) is 5.92 Å². The Bertz CT molecular complexity index is 684. The lowest BCUT2D eigenvalue weighted by molar-refractivity contribution is 0.194. The molecular formula is C24H32ClNO. The first kappa shape index (κ1) is 20.2. The molecule has 0 amide bonds. The normalized spacial score (nSPS) is 23.4. The van der Waals surface area contributed by atoms with E-state index in [0.29, 0.717) is 17.8 Å². The van der Waals surface area contributed by atoms with Crippen LogP contribution in [0.25, 0.3) is 0 Å². The molecule has 27 heavy (non-hydrogen) atoms. The molecule has 1 saturated carbocycles. The summed E-state index contributed by atoms with van der Waals surface area (Å²) in [4.78, 5) is 0. The van der Waals surface area contributed by atoms with Crippen LogP contribution in [0.15, 0.2) is 54.6 Å². The Morgan fingerprint density at radius 2 is 1.59 bits per heavy atom. The van der Waals surface area contributed by atoms with Gasteiger partial charge >= 0.3 is 0 Å². The zero-order chi connectivity index (χ0) is 17.6. The third-order valence-electron chi connectivity index (χ3n) is 6.25. The summed E-state index contributed by atoms with van der Waals surface area (Å²) in [5.41, 5.74) is 2.90. The second kappa shape index (κ2) is 10.1. The largest absolute Gasteiger partial charge is 0.493 e. The van der Waals surface area contributed by atoms with E-state index in [1.54, 1.807) is 0 Å². The number of benzene rings is 2. The summed E-state index contributed by atoms with van der Waals surface area (Å²) in [6.07, 6.45) is 7.95. The van der Waals surface area contributed by atoms with E-state index >= 15 is 0 Å². The number of hydrogen-bond acceptors (Lipinski definition) is 2. The van der Waals surface area contributed by atoms with Crippen molar-refractivity contribution in [3.63, 3.8) is 0 Å². The van der Waals surface area contributed by atoms with Gasteiger partial charge in [0.25, 0.3) is 0 Å². The second-order valence-electron chi connectivity index (χ2n) is 7.95. The minimum absolute atomic E-state index is 0. The van der Waals surface area contributed by atoms with Crippen molar-refractivity contribution in [3.05, 3.63) is 65.7 Å². The van der Waals surface area contributed by atoms with Gasteiger partial charge in [-0.05, 0) is 54.8 Å². The van der Waals surface area contributed by atoms with E-state index in [1.165, 1.54) is 49.7 Å². The quantitative estimate of drug-likeness (QED) is 0.688. The highest BCUT2D eigenvalue weighted by molar-refractivity contribution is 5.85. The summed E-state index contributed by atoms with van der Waals surface area (Å²) >= 11 is 0. The molecule has 0 unspecified atom stereocenters. The van der Waals surface area contributed by atoms with Gasteiger partial charge in [0.2, 0.25) is 0 Å². The van der Waals surface area contributed by atoms with E-state index < -0.39 is 0 Å². The molecule has 0 bridgehead atoms. The smallest absolute Gasteiger partial charge is 0.122 e. The molecular weight excluding hydrogens is 354 g/mol. The maximum Gasteiger partial charge on any atom is 0.122 e. The van der Waals surface area contributed by atoms with Crippen LogP contribution in [0.4, 0.5) is 0 Å². The first-order chi connectivity index (χ1) is 12.9. The summed E-state index contributed by atoms with van der Waals surface area (Å²) in [5, 5.41) is 3.57. The number of piperidine rings is 1. The van der Waals surface area contributed by atoms with Crippen molar-refractivity contribution in [2.45, 2.75) is 50.4 Å². The molecule has 1 aliphatic heterocycles. The lowest BCUT2D eigenvalue weighted by Crippen LogP contribution is -2.38. The van der Waals surface area contributed by atoms with Crippen LogP contribution in [0, 0.1) is 5.92 Å². The summed E-state index contributed by atoms with van der Waals surface area (Å²) in [5.74, 6) is 2.94. The number of ether oxygens (including phenoxy) is 1. The molecule has 0 radical (unpaired) electrons. The number of para-hydroxylation sites is 1. The fourth-order valence-electron chi connectivity index (χ4n) is 4.80. The van der Waals surface area contributed by atoms with Gasteiger partial charge in [0.05, 0.1) is 6.61 Å². The van der Waals surface area contributed by atoms with E-state index in [1.807, 2.05) is 0 Å². The third-order valence-corrected chi connectivity index (χ3v) is 6.25. The Hall–Kier alpha value is -1.51. The zero-order valence-corrected chi connectivity index (χ0v) is 16.9. The van der Waals surface area contributed by atoms with E-state index in [0.717, 1.165) is 25.4 Å². The SMILES string of the molecule is Cl.c1ccc([C@H]2CCNC[C@@H]2COc2ccccc2C2CCCCC2)cc1. The molecule has 2 aliphatic rings. The Labute approximate surface area is 170 Å². The number of nitrogens with one attached hydrogen (secondary N) is 1. The van der Waals surface area contributed by atoms with Gasteiger partial charge in [-0.1, -0.05) is 67.8 Å². The molecule has 2 fully saturated rings. The predicted molar refractivity (Wildman–Crippen MR) is 115 cm³/mol. The molecule has 2 nitrogen and oxygen atoms in total. The summed E-state index contributed by atoms with van der Waals surface area (Å²) in [6.45, 7) is 2.95. The number of rotatable bonds is 5. The highest BCUT2D eigenvalue weighted by Crippen LogP contribution is 2.38. The van der Waals surface area contributed by atoms with Crippen LogP contribution < -0.4 is 10.1 Å². The topological polar surface area (TPSA) is 21.3 Å².